The number of nitrogens with one attached hydrogen (secondary N) is 1. The van der Waals surface area contributed by atoms with Crippen molar-refractivity contribution in [1.29, 1.82) is 0 Å². The first kappa shape index (κ1) is 25.4. The van der Waals surface area contributed by atoms with E-state index in [-0.39, 0.29) is 18.3 Å². The number of halogens is 2. The molecule has 5 rings (SSSR count). The normalized spacial score (nSPS) is 15.0. The molecule has 1 fully saturated rings. The molecule has 1 aliphatic heterocycles. The van der Waals surface area contributed by atoms with Gasteiger partial charge in [0.15, 0.2) is 11.6 Å². The summed E-state index contributed by atoms with van der Waals surface area (Å²) >= 11 is 1.71. The van der Waals surface area contributed by atoms with Crippen LogP contribution in [0.25, 0.3) is 10.1 Å². The van der Waals surface area contributed by atoms with E-state index in [9.17, 15) is 13.6 Å². The number of thiophene rings is 1. The zero-order valence-corrected chi connectivity index (χ0v) is 21.5. The number of amides is 1. The molecule has 4 aromatic rings. The minimum Gasteiger partial charge on any atom is -0.486 e. The number of hydrogen-bond donors (Lipinski definition) is 1. The highest BCUT2D eigenvalue weighted by atomic mass is 32.1. The third-order valence-electron chi connectivity index (χ3n) is 6.82. The molecule has 1 amide bonds. The zero-order valence-electron chi connectivity index (χ0n) is 20.7. The van der Waals surface area contributed by atoms with Gasteiger partial charge in [0.2, 0.25) is 0 Å². The summed E-state index contributed by atoms with van der Waals surface area (Å²) in [6.45, 7) is 3.23. The van der Waals surface area contributed by atoms with E-state index in [4.69, 9.17) is 9.47 Å². The van der Waals surface area contributed by atoms with Crippen molar-refractivity contribution in [2.45, 2.75) is 44.8 Å². The van der Waals surface area contributed by atoms with Crippen LogP contribution in [0.3, 0.4) is 0 Å². The van der Waals surface area contributed by atoms with Crippen LogP contribution in [-0.4, -0.2) is 19.1 Å². The molecule has 1 aliphatic rings. The molecule has 0 spiro atoms. The fraction of sp³-hybridized carbons (Fsp3) is 0.300. The molecule has 2 heterocycles. The van der Waals surface area contributed by atoms with Crippen molar-refractivity contribution >= 4 is 27.3 Å². The quantitative estimate of drug-likeness (QED) is 0.268. The topological polar surface area (TPSA) is 47.6 Å². The molecular formula is C30H29F2NO3S. The van der Waals surface area contributed by atoms with Gasteiger partial charge in [-0.25, -0.2) is 8.78 Å². The number of rotatable bonds is 8. The van der Waals surface area contributed by atoms with Gasteiger partial charge in [-0.15, -0.1) is 11.3 Å². The Bertz CT molecular complexity index is 1380. The molecule has 0 radical (unpaired) electrons. The largest absolute Gasteiger partial charge is 0.486 e. The van der Waals surface area contributed by atoms with E-state index < -0.39 is 17.2 Å². The number of hydrogen-bond acceptors (Lipinski definition) is 4. The van der Waals surface area contributed by atoms with Gasteiger partial charge in [-0.3, -0.25) is 4.79 Å². The maximum Gasteiger partial charge on any atom is 0.252 e. The molecular weight excluding hydrogens is 492 g/mol. The van der Waals surface area contributed by atoms with Gasteiger partial charge in [0.05, 0.1) is 5.54 Å². The highest BCUT2D eigenvalue weighted by Crippen LogP contribution is 2.39. The first-order valence-corrected chi connectivity index (χ1v) is 13.4. The molecule has 0 atom stereocenters. The number of fused-ring (bicyclic) bond motifs is 1. The highest BCUT2D eigenvalue weighted by molar-refractivity contribution is 7.19. The molecule has 1 saturated heterocycles. The van der Waals surface area contributed by atoms with Crippen LogP contribution in [0, 0.1) is 11.6 Å². The van der Waals surface area contributed by atoms with E-state index in [1.54, 1.807) is 17.4 Å². The molecule has 192 valence electrons. The molecule has 4 nitrogen and oxygen atoms in total. The highest BCUT2D eigenvalue weighted by Gasteiger charge is 2.38. The van der Waals surface area contributed by atoms with Crippen LogP contribution >= 0.6 is 11.3 Å². The van der Waals surface area contributed by atoms with Crippen molar-refractivity contribution in [1.82, 2.24) is 5.32 Å². The Balaban J connectivity index is 1.43. The molecule has 7 heteroatoms. The molecule has 1 aromatic heterocycles. The second-order valence-corrected chi connectivity index (χ2v) is 10.5. The average molecular weight is 522 g/mol. The van der Waals surface area contributed by atoms with Crippen molar-refractivity contribution in [3.8, 4) is 5.75 Å². The fourth-order valence-corrected chi connectivity index (χ4v) is 6.08. The van der Waals surface area contributed by atoms with Crippen molar-refractivity contribution < 1.29 is 23.0 Å². The summed E-state index contributed by atoms with van der Waals surface area (Å²) in [6.07, 6.45) is 3.02. The third kappa shape index (κ3) is 5.53. The summed E-state index contributed by atoms with van der Waals surface area (Å²) < 4.78 is 40.0. The summed E-state index contributed by atoms with van der Waals surface area (Å²) in [7, 11) is 0. The summed E-state index contributed by atoms with van der Waals surface area (Å²) in [5, 5.41) is 4.55. The number of aryl methyl sites for hydroxylation is 1. The Kier molecular flexibility index (Phi) is 7.53. The molecule has 3 aromatic carbocycles. The van der Waals surface area contributed by atoms with Crippen LogP contribution in [0.1, 0.15) is 52.5 Å². The van der Waals surface area contributed by atoms with E-state index in [1.165, 1.54) is 4.70 Å². The number of ether oxygens (including phenoxy) is 2. The van der Waals surface area contributed by atoms with Gasteiger partial charge in [-0.05, 0) is 66.1 Å². The minimum atomic E-state index is -0.633. The standard InChI is InChI=1S/C30H29F2NO3S/c1-2-5-21-9-8-20(19-36-26-18-23(31)10-11-25(26)32)16-24(21)29(34)33-30(12-14-35-15-13-30)28-17-22-6-3-4-7-27(22)37-28/h3-4,6-11,16-18H,2,5,12-15,19H2,1H3,(H,33,34). The van der Waals surface area contributed by atoms with Crippen molar-refractivity contribution in [3.05, 3.63) is 99.9 Å². The lowest BCUT2D eigenvalue weighted by molar-refractivity contribution is 0.0358. The fourth-order valence-electron chi connectivity index (χ4n) is 4.82. The van der Waals surface area contributed by atoms with E-state index >= 15 is 0 Å². The lowest BCUT2D eigenvalue weighted by Crippen LogP contribution is -2.49. The summed E-state index contributed by atoms with van der Waals surface area (Å²) in [6, 6.07) is 19.1. The van der Waals surface area contributed by atoms with Gasteiger partial charge in [0.1, 0.15) is 12.4 Å². The molecule has 0 unspecified atom stereocenters. The van der Waals surface area contributed by atoms with Crippen LogP contribution in [0.2, 0.25) is 0 Å². The Hall–Kier alpha value is -3.29. The van der Waals surface area contributed by atoms with Crippen LogP contribution < -0.4 is 10.1 Å². The Morgan fingerprint density at radius 2 is 1.86 bits per heavy atom. The smallest absolute Gasteiger partial charge is 0.252 e. The Labute approximate surface area is 219 Å². The van der Waals surface area contributed by atoms with Gasteiger partial charge >= 0.3 is 0 Å². The van der Waals surface area contributed by atoms with Crippen molar-refractivity contribution in [2.24, 2.45) is 0 Å². The van der Waals surface area contributed by atoms with Gasteiger partial charge in [0, 0.05) is 34.4 Å². The van der Waals surface area contributed by atoms with E-state index in [2.05, 4.69) is 30.4 Å². The first-order valence-electron chi connectivity index (χ1n) is 12.6. The maximum atomic E-state index is 14.0. The monoisotopic (exact) mass is 521 g/mol. The zero-order chi connectivity index (χ0) is 25.8. The van der Waals surface area contributed by atoms with Gasteiger partial charge in [0.25, 0.3) is 5.91 Å². The average Bonchev–Trinajstić information content (AvgIpc) is 3.36. The first-order chi connectivity index (χ1) is 18.0. The second kappa shape index (κ2) is 11.0. The molecule has 37 heavy (non-hydrogen) atoms. The Morgan fingerprint density at radius 1 is 1.05 bits per heavy atom. The van der Waals surface area contributed by atoms with Gasteiger partial charge < -0.3 is 14.8 Å². The molecule has 0 saturated carbocycles. The third-order valence-corrected chi connectivity index (χ3v) is 8.14. The van der Waals surface area contributed by atoms with Crippen LogP contribution in [0.5, 0.6) is 5.75 Å². The van der Waals surface area contributed by atoms with E-state index in [1.807, 2.05) is 24.3 Å². The van der Waals surface area contributed by atoms with Crippen LogP contribution in [0.15, 0.2) is 66.7 Å². The number of carbonyl (C=O) groups is 1. The van der Waals surface area contributed by atoms with Crippen LogP contribution in [0.4, 0.5) is 8.78 Å². The van der Waals surface area contributed by atoms with E-state index in [0.717, 1.165) is 46.9 Å². The predicted octanol–water partition coefficient (Wildman–Crippen LogP) is 7.15. The number of benzene rings is 3. The van der Waals surface area contributed by atoms with Crippen LogP contribution in [-0.2, 0) is 23.3 Å². The summed E-state index contributed by atoms with van der Waals surface area (Å²) in [5.74, 6) is -1.51. The lowest BCUT2D eigenvalue weighted by Gasteiger charge is -2.37. The van der Waals surface area contributed by atoms with Crippen molar-refractivity contribution in [3.63, 3.8) is 0 Å². The van der Waals surface area contributed by atoms with Gasteiger partial charge in [-0.1, -0.05) is 43.7 Å². The molecule has 0 bridgehead atoms. The molecule has 0 aliphatic carbocycles. The lowest BCUT2D eigenvalue weighted by atomic mass is 9.87. The minimum absolute atomic E-state index is 0.0162. The second-order valence-electron chi connectivity index (χ2n) is 9.40. The molecule has 1 N–H and O–H groups in total. The Morgan fingerprint density at radius 3 is 2.65 bits per heavy atom. The van der Waals surface area contributed by atoms with E-state index in [0.29, 0.717) is 37.2 Å². The van der Waals surface area contributed by atoms with Gasteiger partial charge in [-0.2, -0.15) is 0 Å². The number of carbonyl (C=O) groups excluding carboxylic acids is 1. The summed E-state index contributed by atoms with van der Waals surface area (Å²) in [5.41, 5.74) is 1.71. The maximum absolute atomic E-state index is 14.0. The predicted molar refractivity (Wildman–Crippen MR) is 142 cm³/mol. The SMILES string of the molecule is CCCc1ccc(COc2cc(F)ccc2F)cc1C(=O)NC1(c2cc3ccccc3s2)CCOCC1. The van der Waals surface area contributed by atoms with Crippen molar-refractivity contribution in [2.75, 3.05) is 13.2 Å². The summed E-state index contributed by atoms with van der Waals surface area (Å²) in [4.78, 5) is 15.0.